The summed E-state index contributed by atoms with van der Waals surface area (Å²) < 4.78 is 0. The fourth-order valence-electron chi connectivity index (χ4n) is 1.68. The predicted octanol–water partition coefficient (Wildman–Crippen LogP) is 3.46. The van der Waals surface area contributed by atoms with Gasteiger partial charge in [-0.05, 0) is 31.4 Å². The van der Waals surface area contributed by atoms with Gasteiger partial charge >= 0.3 is 0 Å². The number of hydrogen-bond donors (Lipinski definition) is 0. The first-order valence-corrected chi connectivity index (χ1v) is 5.41. The standard InChI is InChI=1S/C14H18O/c1-4-13(5-2)14(15)10-12-8-6-7-11(3)9-12/h4,6-9H,5,10H2,1-3H3/b13-4-. The van der Waals surface area contributed by atoms with Crippen LogP contribution in [0.25, 0.3) is 0 Å². The van der Waals surface area contributed by atoms with Crippen molar-refractivity contribution in [2.75, 3.05) is 0 Å². The summed E-state index contributed by atoms with van der Waals surface area (Å²) in [6.45, 7) is 5.99. The molecule has 0 saturated carbocycles. The van der Waals surface area contributed by atoms with Crippen molar-refractivity contribution >= 4 is 5.78 Å². The van der Waals surface area contributed by atoms with Gasteiger partial charge in [0, 0.05) is 6.42 Å². The van der Waals surface area contributed by atoms with Gasteiger partial charge in [-0.3, -0.25) is 4.79 Å². The van der Waals surface area contributed by atoms with Crippen molar-refractivity contribution in [2.24, 2.45) is 0 Å². The van der Waals surface area contributed by atoms with Gasteiger partial charge in [0.1, 0.15) is 0 Å². The zero-order valence-electron chi connectivity index (χ0n) is 9.71. The second-order valence-corrected chi connectivity index (χ2v) is 3.76. The van der Waals surface area contributed by atoms with E-state index < -0.39 is 0 Å². The molecule has 80 valence electrons. The minimum absolute atomic E-state index is 0.241. The Morgan fingerprint density at radius 1 is 1.40 bits per heavy atom. The summed E-state index contributed by atoms with van der Waals surface area (Å²) in [6, 6.07) is 8.12. The number of benzene rings is 1. The normalized spacial score (nSPS) is 11.5. The molecule has 0 aliphatic heterocycles. The van der Waals surface area contributed by atoms with Crippen molar-refractivity contribution in [1.29, 1.82) is 0 Å². The van der Waals surface area contributed by atoms with Crippen LogP contribution in [-0.4, -0.2) is 5.78 Å². The second-order valence-electron chi connectivity index (χ2n) is 3.76. The molecule has 1 rings (SSSR count). The summed E-state index contributed by atoms with van der Waals surface area (Å²) in [5.74, 6) is 0.241. The molecule has 1 aromatic rings. The van der Waals surface area contributed by atoms with Crippen LogP contribution in [0.15, 0.2) is 35.9 Å². The number of aryl methyl sites for hydroxylation is 1. The third kappa shape index (κ3) is 3.35. The fraction of sp³-hybridized carbons (Fsp3) is 0.357. The van der Waals surface area contributed by atoms with E-state index in [1.54, 1.807) is 0 Å². The first-order valence-electron chi connectivity index (χ1n) is 5.41. The highest BCUT2D eigenvalue weighted by atomic mass is 16.1. The van der Waals surface area contributed by atoms with Gasteiger partial charge in [-0.25, -0.2) is 0 Å². The molecular weight excluding hydrogens is 184 g/mol. The molecule has 0 heterocycles. The monoisotopic (exact) mass is 202 g/mol. The van der Waals surface area contributed by atoms with Gasteiger partial charge in [0.25, 0.3) is 0 Å². The molecule has 15 heavy (non-hydrogen) atoms. The maximum Gasteiger partial charge on any atom is 0.162 e. The van der Waals surface area contributed by atoms with Gasteiger partial charge < -0.3 is 0 Å². The number of carbonyl (C=O) groups excluding carboxylic acids is 1. The molecule has 0 unspecified atom stereocenters. The van der Waals surface area contributed by atoms with E-state index in [9.17, 15) is 4.79 Å². The first-order chi connectivity index (χ1) is 7.17. The highest BCUT2D eigenvalue weighted by Gasteiger charge is 2.07. The molecule has 0 spiro atoms. The van der Waals surface area contributed by atoms with Crippen LogP contribution in [0.5, 0.6) is 0 Å². The number of carbonyl (C=O) groups is 1. The molecule has 0 amide bonds. The Labute approximate surface area is 91.8 Å². The van der Waals surface area contributed by atoms with Gasteiger partial charge in [-0.2, -0.15) is 0 Å². The minimum Gasteiger partial charge on any atom is -0.294 e. The number of Topliss-reactive ketones (excluding diaryl/α,β-unsaturated/α-hetero) is 1. The summed E-state index contributed by atoms with van der Waals surface area (Å²) in [5, 5.41) is 0. The Morgan fingerprint density at radius 3 is 2.67 bits per heavy atom. The van der Waals surface area contributed by atoms with E-state index in [2.05, 4.69) is 6.07 Å². The van der Waals surface area contributed by atoms with Crippen LogP contribution in [0.2, 0.25) is 0 Å². The van der Waals surface area contributed by atoms with Crippen molar-refractivity contribution in [3.05, 3.63) is 47.0 Å². The highest BCUT2D eigenvalue weighted by Crippen LogP contribution is 2.10. The number of hydrogen-bond acceptors (Lipinski definition) is 1. The van der Waals surface area contributed by atoms with Crippen LogP contribution in [-0.2, 0) is 11.2 Å². The molecule has 0 aromatic heterocycles. The molecule has 0 saturated heterocycles. The number of rotatable bonds is 4. The van der Waals surface area contributed by atoms with Crippen LogP contribution in [0, 0.1) is 6.92 Å². The zero-order valence-corrected chi connectivity index (χ0v) is 9.71. The lowest BCUT2D eigenvalue weighted by molar-refractivity contribution is -0.115. The van der Waals surface area contributed by atoms with Crippen molar-refractivity contribution in [2.45, 2.75) is 33.6 Å². The van der Waals surface area contributed by atoms with E-state index in [0.717, 1.165) is 17.6 Å². The Hall–Kier alpha value is -1.37. The van der Waals surface area contributed by atoms with Crippen LogP contribution >= 0.6 is 0 Å². The first kappa shape index (κ1) is 11.7. The highest BCUT2D eigenvalue weighted by molar-refractivity contribution is 5.96. The van der Waals surface area contributed by atoms with E-state index in [1.165, 1.54) is 5.56 Å². The Kier molecular flexibility index (Phi) is 4.29. The van der Waals surface area contributed by atoms with Gasteiger partial charge in [0.15, 0.2) is 5.78 Å². The van der Waals surface area contributed by atoms with E-state index in [4.69, 9.17) is 0 Å². The fourth-order valence-corrected chi connectivity index (χ4v) is 1.68. The van der Waals surface area contributed by atoms with Gasteiger partial charge in [0.05, 0.1) is 0 Å². The quantitative estimate of drug-likeness (QED) is 0.683. The maximum atomic E-state index is 11.8. The third-order valence-electron chi connectivity index (χ3n) is 2.53. The SMILES string of the molecule is C/C=C(/CC)C(=O)Cc1cccc(C)c1. The summed E-state index contributed by atoms with van der Waals surface area (Å²) >= 11 is 0. The molecule has 0 fully saturated rings. The maximum absolute atomic E-state index is 11.8. The molecule has 1 nitrogen and oxygen atoms in total. The molecule has 0 N–H and O–H groups in total. The summed E-state index contributed by atoms with van der Waals surface area (Å²) in [4.78, 5) is 11.8. The second kappa shape index (κ2) is 5.50. The van der Waals surface area contributed by atoms with E-state index in [0.29, 0.717) is 6.42 Å². The molecule has 1 aromatic carbocycles. The Bertz CT molecular complexity index is 375. The molecule has 0 atom stereocenters. The Morgan fingerprint density at radius 2 is 2.13 bits per heavy atom. The van der Waals surface area contributed by atoms with Crippen LogP contribution in [0.4, 0.5) is 0 Å². The largest absolute Gasteiger partial charge is 0.294 e. The topological polar surface area (TPSA) is 17.1 Å². The lowest BCUT2D eigenvalue weighted by Gasteiger charge is -2.04. The van der Waals surface area contributed by atoms with Gasteiger partial charge in [-0.1, -0.05) is 42.8 Å². The average molecular weight is 202 g/mol. The van der Waals surface area contributed by atoms with Crippen LogP contribution in [0.1, 0.15) is 31.4 Å². The number of allylic oxidation sites excluding steroid dienone is 2. The van der Waals surface area contributed by atoms with Gasteiger partial charge in [-0.15, -0.1) is 0 Å². The van der Waals surface area contributed by atoms with Crippen molar-refractivity contribution < 1.29 is 4.79 Å². The van der Waals surface area contributed by atoms with E-state index >= 15 is 0 Å². The zero-order chi connectivity index (χ0) is 11.3. The lowest BCUT2D eigenvalue weighted by Crippen LogP contribution is -2.05. The third-order valence-corrected chi connectivity index (χ3v) is 2.53. The van der Waals surface area contributed by atoms with Crippen LogP contribution in [0.3, 0.4) is 0 Å². The van der Waals surface area contributed by atoms with Crippen molar-refractivity contribution in [3.63, 3.8) is 0 Å². The predicted molar refractivity (Wildman–Crippen MR) is 63.9 cm³/mol. The molecule has 0 aliphatic carbocycles. The average Bonchev–Trinajstić information content (AvgIpc) is 2.19. The van der Waals surface area contributed by atoms with Crippen molar-refractivity contribution in [3.8, 4) is 0 Å². The number of ketones is 1. The Balaban J connectivity index is 2.74. The van der Waals surface area contributed by atoms with E-state index in [-0.39, 0.29) is 5.78 Å². The molecule has 0 radical (unpaired) electrons. The summed E-state index contributed by atoms with van der Waals surface area (Å²) in [5.41, 5.74) is 3.24. The lowest BCUT2D eigenvalue weighted by atomic mass is 10.0. The van der Waals surface area contributed by atoms with Crippen molar-refractivity contribution in [1.82, 2.24) is 0 Å². The van der Waals surface area contributed by atoms with E-state index in [1.807, 2.05) is 45.0 Å². The summed E-state index contributed by atoms with van der Waals surface area (Å²) in [6.07, 6.45) is 3.26. The minimum atomic E-state index is 0.241. The summed E-state index contributed by atoms with van der Waals surface area (Å²) in [7, 11) is 0. The smallest absolute Gasteiger partial charge is 0.162 e. The molecule has 0 bridgehead atoms. The van der Waals surface area contributed by atoms with Crippen LogP contribution < -0.4 is 0 Å². The molecule has 0 aliphatic rings. The molecular formula is C14H18O. The molecule has 1 heteroatoms. The van der Waals surface area contributed by atoms with Gasteiger partial charge in [0.2, 0.25) is 0 Å².